The van der Waals surface area contributed by atoms with Crippen LogP contribution in [0.1, 0.15) is 36.7 Å². The maximum Gasteiger partial charge on any atom is 0.265 e. The Bertz CT molecular complexity index is 706. The molecule has 1 N–H and O–H groups in total. The molecule has 7 nitrogen and oxygen atoms in total. The number of nitrogens with one attached hydrogen (secondary N) is 1. The summed E-state index contributed by atoms with van der Waals surface area (Å²) in [5.41, 5.74) is 4.06. The Morgan fingerprint density at radius 2 is 2.13 bits per heavy atom. The van der Waals surface area contributed by atoms with Crippen molar-refractivity contribution in [3.8, 4) is 0 Å². The molecule has 1 heterocycles. The highest BCUT2D eigenvalue weighted by atomic mass is 16.6. The minimum atomic E-state index is -0.257. The number of anilines is 1. The van der Waals surface area contributed by atoms with Crippen LogP contribution in [-0.2, 0) is 22.5 Å². The average Bonchev–Trinajstić information content (AvgIpc) is 3.05. The number of oxime groups is 1. The van der Waals surface area contributed by atoms with E-state index in [1.54, 1.807) is 0 Å². The lowest BCUT2D eigenvalue weighted by atomic mass is 9.99. The number of aryl methyl sites for hydroxylation is 2. The number of hydrogen-bond donors (Lipinski definition) is 1. The first-order chi connectivity index (χ1) is 11.3. The Balaban J connectivity index is 1.52. The zero-order valence-electron chi connectivity index (χ0n) is 12.9. The van der Waals surface area contributed by atoms with Crippen molar-refractivity contribution in [2.45, 2.75) is 32.6 Å². The monoisotopic (exact) mass is 314 g/mol. The van der Waals surface area contributed by atoms with Crippen molar-refractivity contribution in [2.24, 2.45) is 5.16 Å². The highest BCUT2D eigenvalue weighted by molar-refractivity contribution is 6.00. The summed E-state index contributed by atoms with van der Waals surface area (Å²) in [5.74, 6) is -0.257. The minimum Gasteiger partial charge on any atom is -0.385 e. The van der Waals surface area contributed by atoms with Crippen molar-refractivity contribution in [1.29, 1.82) is 0 Å². The molecule has 120 valence electrons. The van der Waals surface area contributed by atoms with Crippen LogP contribution >= 0.6 is 0 Å². The summed E-state index contributed by atoms with van der Waals surface area (Å²) in [6, 6.07) is 7.71. The van der Waals surface area contributed by atoms with E-state index in [-0.39, 0.29) is 12.5 Å². The largest absolute Gasteiger partial charge is 0.385 e. The van der Waals surface area contributed by atoms with E-state index in [2.05, 4.69) is 27.7 Å². The second-order valence-corrected chi connectivity index (χ2v) is 5.32. The van der Waals surface area contributed by atoms with E-state index >= 15 is 0 Å². The molecule has 0 unspecified atom stereocenters. The van der Waals surface area contributed by atoms with Gasteiger partial charge in [-0.15, -0.1) is 0 Å². The Labute approximate surface area is 133 Å². The molecule has 0 saturated heterocycles. The van der Waals surface area contributed by atoms with Gasteiger partial charge < -0.3 is 10.2 Å². The summed E-state index contributed by atoms with van der Waals surface area (Å²) in [5, 5.41) is 14.4. The molecule has 0 fully saturated rings. The zero-order chi connectivity index (χ0) is 16.1. The smallest absolute Gasteiger partial charge is 0.265 e. The van der Waals surface area contributed by atoms with Gasteiger partial charge >= 0.3 is 0 Å². The number of fused-ring (bicyclic) bond motifs is 1. The van der Waals surface area contributed by atoms with Crippen molar-refractivity contribution in [1.82, 2.24) is 10.3 Å². The average molecular weight is 314 g/mol. The lowest BCUT2D eigenvalue weighted by molar-refractivity contribution is -0.120. The van der Waals surface area contributed by atoms with Crippen molar-refractivity contribution < 1.29 is 14.3 Å². The summed E-state index contributed by atoms with van der Waals surface area (Å²) in [4.78, 5) is 17.0. The molecular weight excluding hydrogens is 296 g/mol. The number of carbonyl (C=O) groups excluding carboxylic acids is 1. The van der Waals surface area contributed by atoms with Crippen LogP contribution in [-0.4, -0.2) is 28.5 Å². The first-order valence-corrected chi connectivity index (χ1v) is 7.65. The van der Waals surface area contributed by atoms with E-state index in [1.807, 2.05) is 24.3 Å². The van der Waals surface area contributed by atoms with Crippen LogP contribution in [0.2, 0.25) is 0 Å². The van der Waals surface area contributed by atoms with Gasteiger partial charge in [0.1, 0.15) is 11.4 Å². The number of amides is 1. The number of nitrogens with zero attached hydrogens (tertiary/aromatic N) is 3. The van der Waals surface area contributed by atoms with Gasteiger partial charge in [0.05, 0.1) is 0 Å². The van der Waals surface area contributed by atoms with Gasteiger partial charge in [-0.2, -0.15) is 0 Å². The third-order valence-electron chi connectivity index (χ3n) is 3.67. The number of benzene rings is 1. The van der Waals surface area contributed by atoms with E-state index in [1.165, 1.54) is 5.56 Å². The second-order valence-electron chi connectivity index (χ2n) is 5.32. The first kappa shape index (κ1) is 15.2. The fraction of sp³-hybridized carbons (Fsp3) is 0.375. The predicted molar refractivity (Wildman–Crippen MR) is 84.2 cm³/mol. The molecule has 0 radical (unpaired) electrons. The molecule has 2 aromatic rings. The SMILES string of the molecule is CCc1ccc(NC(=O)CO/N=C2\CCCc3nonc32)cc1. The normalized spacial score (nSPS) is 15.3. The standard InChI is InChI=1S/C16H18N4O3/c1-2-11-6-8-12(9-7-11)17-15(21)10-22-18-13-4-3-5-14-16(13)20-23-19-14/h6-9H,2-5,10H2,1H3,(H,17,21)/b18-13+. The molecule has 1 aromatic carbocycles. The molecule has 0 aliphatic heterocycles. The number of carbonyl (C=O) groups is 1. The maximum atomic E-state index is 11.9. The van der Waals surface area contributed by atoms with E-state index in [9.17, 15) is 4.79 Å². The van der Waals surface area contributed by atoms with Crippen LogP contribution in [0.25, 0.3) is 0 Å². The van der Waals surface area contributed by atoms with Gasteiger partial charge in [-0.1, -0.05) is 29.4 Å². The number of aromatic nitrogens is 2. The topological polar surface area (TPSA) is 89.6 Å². The van der Waals surface area contributed by atoms with Crippen LogP contribution in [0.15, 0.2) is 34.1 Å². The third-order valence-corrected chi connectivity index (χ3v) is 3.67. The fourth-order valence-electron chi connectivity index (χ4n) is 2.41. The lowest BCUT2D eigenvalue weighted by Crippen LogP contribution is -2.18. The van der Waals surface area contributed by atoms with Crippen molar-refractivity contribution >= 4 is 17.3 Å². The van der Waals surface area contributed by atoms with Gasteiger partial charge in [0, 0.05) is 5.69 Å². The van der Waals surface area contributed by atoms with E-state index in [0.717, 1.165) is 37.1 Å². The predicted octanol–water partition coefficient (Wildman–Crippen LogP) is 2.33. The first-order valence-electron chi connectivity index (χ1n) is 7.65. The van der Waals surface area contributed by atoms with Gasteiger partial charge in [-0.25, -0.2) is 4.63 Å². The van der Waals surface area contributed by atoms with Crippen LogP contribution < -0.4 is 5.32 Å². The van der Waals surface area contributed by atoms with Crippen molar-refractivity contribution in [3.63, 3.8) is 0 Å². The third kappa shape index (κ3) is 3.74. The summed E-state index contributed by atoms with van der Waals surface area (Å²) in [7, 11) is 0. The molecule has 3 rings (SSSR count). The highest BCUT2D eigenvalue weighted by Gasteiger charge is 2.21. The van der Waals surface area contributed by atoms with Gasteiger partial charge in [-0.05, 0) is 48.5 Å². The molecule has 23 heavy (non-hydrogen) atoms. The molecule has 1 aliphatic rings. The molecule has 1 amide bonds. The Hall–Kier alpha value is -2.70. The zero-order valence-corrected chi connectivity index (χ0v) is 12.9. The highest BCUT2D eigenvalue weighted by Crippen LogP contribution is 2.18. The fourth-order valence-corrected chi connectivity index (χ4v) is 2.41. The van der Waals surface area contributed by atoms with Crippen molar-refractivity contribution in [2.75, 3.05) is 11.9 Å². The molecule has 0 saturated carbocycles. The van der Waals surface area contributed by atoms with Crippen LogP contribution in [0.5, 0.6) is 0 Å². The summed E-state index contributed by atoms with van der Waals surface area (Å²) in [6.07, 6.45) is 3.44. The number of hydrogen-bond acceptors (Lipinski definition) is 6. The summed E-state index contributed by atoms with van der Waals surface area (Å²) in [6.45, 7) is 1.93. The van der Waals surface area contributed by atoms with Crippen LogP contribution in [0.4, 0.5) is 5.69 Å². The van der Waals surface area contributed by atoms with Gasteiger partial charge in [0.15, 0.2) is 12.3 Å². The maximum absolute atomic E-state index is 11.9. The van der Waals surface area contributed by atoms with E-state index < -0.39 is 0 Å². The molecule has 0 atom stereocenters. The van der Waals surface area contributed by atoms with E-state index in [4.69, 9.17) is 9.47 Å². The Kier molecular flexibility index (Phi) is 4.65. The number of rotatable bonds is 5. The van der Waals surface area contributed by atoms with Gasteiger partial charge in [0.2, 0.25) is 0 Å². The molecule has 7 heteroatoms. The molecule has 0 bridgehead atoms. The lowest BCUT2D eigenvalue weighted by Gasteiger charge is -2.09. The summed E-state index contributed by atoms with van der Waals surface area (Å²) < 4.78 is 4.71. The molecular formula is C16H18N4O3. The quantitative estimate of drug-likeness (QED) is 0.855. The molecule has 1 aliphatic carbocycles. The van der Waals surface area contributed by atoms with Crippen LogP contribution in [0, 0.1) is 0 Å². The Morgan fingerprint density at radius 3 is 2.91 bits per heavy atom. The molecule has 0 spiro atoms. The van der Waals surface area contributed by atoms with Gasteiger partial charge in [-0.3, -0.25) is 4.79 Å². The molecule has 1 aromatic heterocycles. The van der Waals surface area contributed by atoms with Crippen LogP contribution in [0.3, 0.4) is 0 Å². The second kappa shape index (κ2) is 7.04. The van der Waals surface area contributed by atoms with Gasteiger partial charge in [0.25, 0.3) is 5.91 Å². The van der Waals surface area contributed by atoms with E-state index in [0.29, 0.717) is 11.4 Å². The van der Waals surface area contributed by atoms with Crippen molar-refractivity contribution in [3.05, 3.63) is 41.2 Å². The minimum absolute atomic E-state index is 0.153. The Morgan fingerprint density at radius 1 is 1.30 bits per heavy atom. The summed E-state index contributed by atoms with van der Waals surface area (Å²) >= 11 is 0.